The molecular formula is C23H28N4O3. The number of carbonyl (C=O) groups excluding carboxylic acids is 2. The highest BCUT2D eigenvalue weighted by Crippen LogP contribution is 2.11. The summed E-state index contributed by atoms with van der Waals surface area (Å²) in [7, 11) is 0. The topological polar surface area (TPSA) is 83.0 Å². The van der Waals surface area contributed by atoms with E-state index in [4.69, 9.17) is 4.74 Å². The fourth-order valence-corrected chi connectivity index (χ4v) is 3.18. The molecule has 0 bridgehead atoms. The van der Waals surface area contributed by atoms with Crippen LogP contribution in [-0.2, 0) is 16.1 Å². The van der Waals surface area contributed by atoms with Crippen molar-refractivity contribution in [2.75, 3.05) is 26.2 Å². The maximum atomic E-state index is 11.9. The lowest BCUT2D eigenvalue weighted by Gasteiger charge is -2.25. The van der Waals surface area contributed by atoms with E-state index < -0.39 is 0 Å². The molecule has 2 aromatic carbocycles. The maximum Gasteiger partial charge on any atom is 0.258 e. The minimum absolute atomic E-state index is 0.0488. The maximum absolute atomic E-state index is 11.9. The van der Waals surface area contributed by atoms with Crippen molar-refractivity contribution in [2.24, 2.45) is 5.10 Å². The number of nitrogens with one attached hydrogen (secondary N) is 2. The summed E-state index contributed by atoms with van der Waals surface area (Å²) in [4.78, 5) is 26.0. The number of benzene rings is 2. The molecule has 2 aromatic rings. The van der Waals surface area contributed by atoms with Crippen LogP contribution in [0.3, 0.4) is 0 Å². The van der Waals surface area contributed by atoms with Gasteiger partial charge in [-0.1, -0.05) is 36.8 Å². The first-order valence-corrected chi connectivity index (χ1v) is 10.3. The van der Waals surface area contributed by atoms with Crippen LogP contribution in [0.25, 0.3) is 0 Å². The average Bonchev–Trinajstić information content (AvgIpc) is 2.78. The summed E-state index contributed by atoms with van der Waals surface area (Å²) in [5.74, 6) is 0.312. The summed E-state index contributed by atoms with van der Waals surface area (Å²) in [6.45, 7) is 2.76. The second-order valence-corrected chi connectivity index (χ2v) is 7.25. The van der Waals surface area contributed by atoms with Crippen LogP contribution in [0.15, 0.2) is 59.7 Å². The number of ether oxygens (including phenoxy) is 1. The number of piperidine rings is 1. The van der Waals surface area contributed by atoms with Crippen molar-refractivity contribution >= 4 is 18.0 Å². The van der Waals surface area contributed by atoms with Gasteiger partial charge in [0.2, 0.25) is 0 Å². The Hall–Kier alpha value is -3.19. The van der Waals surface area contributed by atoms with Crippen LogP contribution < -0.4 is 15.5 Å². The molecule has 1 aliphatic heterocycles. The Balaban J connectivity index is 1.35. The van der Waals surface area contributed by atoms with E-state index in [9.17, 15) is 9.59 Å². The van der Waals surface area contributed by atoms with Gasteiger partial charge < -0.3 is 10.1 Å². The highest BCUT2D eigenvalue weighted by Gasteiger charge is 2.13. The highest BCUT2D eigenvalue weighted by molar-refractivity contribution is 5.83. The molecule has 0 radical (unpaired) electrons. The zero-order valence-corrected chi connectivity index (χ0v) is 17.0. The van der Waals surface area contributed by atoms with Gasteiger partial charge in [-0.3, -0.25) is 14.5 Å². The average molecular weight is 409 g/mol. The Morgan fingerprint density at radius 3 is 2.43 bits per heavy atom. The van der Waals surface area contributed by atoms with Gasteiger partial charge >= 0.3 is 0 Å². The molecule has 0 spiro atoms. The van der Waals surface area contributed by atoms with Crippen LogP contribution in [0, 0.1) is 0 Å². The Kier molecular flexibility index (Phi) is 8.41. The molecule has 3 rings (SSSR count). The second-order valence-electron chi connectivity index (χ2n) is 7.25. The van der Waals surface area contributed by atoms with Gasteiger partial charge in [0.05, 0.1) is 12.8 Å². The molecule has 0 aromatic heterocycles. The first-order valence-electron chi connectivity index (χ1n) is 10.3. The molecule has 1 saturated heterocycles. The van der Waals surface area contributed by atoms with E-state index in [0.717, 1.165) is 37.1 Å². The van der Waals surface area contributed by atoms with Crippen molar-refractivity contribution < 1.29 is 14.3 Å². The van der Waals surface area contributed by atoms with Crippen LogP contribution in [0.2, 0.25) is 0 Å². The number of carbonyl (C=O) groups is 2. The van der Waals surface area contributed by atoms with Gasteiger partial charge in [0.25, 0.3) is 11.8 Å². The van der Waals surface area contributed by atoms with Crippen LogP contribution >= 0.6 is 0 Å². The molecule has 2 N–H and O–H groups in total. The third kappa shape index (κ3) is 7.67. The monoisotopic (exact) mass is 408 g/mol. The van der Waals surface area contributed by atoms with Gasteiger partial charge in [-0.05, 0) is 61.3 Å². The minimum atomic E-state index is -0.180. The molecule has 0 saturated carbocycles. The van der Waals surface area contributed by atoms with Gasteiger partial charge in [-0.15, -0.1) is 0 Å². The minimum Gasteiger partial charge on any atom is -0.484 e. The lowest BCUT2D eigenvalue weighted by molar-refractivity contribution is -0.123. The smallest absolute Gasteiger partial charge is 0.258 e. The molecule has 0 unspecified atom stereocenters. The van der Waals surface area contributed by atoms with Crippen LogP contribution in [0.1, 0.15) is 30.4 Å². The first kappa shape index (κ1) is 21.5. The van der Waals surface area contributed by atoms with E-state index in [-0.39, 0.29) is 18.4 Å². The number of nitrogens with zero attached hydrogens (tertiary/aromatic N) is 2. The molecule has 7 heteroatoms. The zero-order chi connectivity index (χ0) is 21.0. The first-order chi connectivity index (χ1) is 14.7. The van der Waals surface area contributed by atoms with Crippen molar-refractivity contribution in [1.29, 1.82) is 0 Å². The van der Waals surface area contributed by atoms with Gasteiger partial charge in [0, 0.05) is 6.54 Å². The molecule has 30 heavy (non-hydrogen) atoms. The number of rotatable bonds is 9. The van der Waals surface area contributed by atoms with Crippen molar-refractivity contribution in [3.63, 3.8) is 0 Å². The zero-order valence-electron chi connectivity index (χ0n) is 17.0. The standard InChI is InChI=1S/C23H28N4O3/c28-22(17-27-13-5-2-6-14-27)26-25-16-20-9-11-21(12-10-20)30-18-23(29)24-15-19-7-3-1-4-8-19/h1,3-4,7-12,16H,2,5-6,13-15,17-18H2,(H,24,29)(H,26,28)/b25-16-. The Labute approximate surface area is 177 Å². The Morgan fingerprint density at radius 1 is 0.967 bits per heavy atom. The molecule has 0 aliphatic carbocycles. The van der Waals surface area contributed by atoms with Crippen LogP contribution in [-0.4, -0.2) is 49.2 Å². The van der Waals surface area contributed by atoms with Crippen molar-refractivity contribution in [1.82, 2.24) is 15.6 Å². The second kappa shape index (κ2) is 11.7. The molecule has 1 aliphatic rings. The molecule has 7 nitrogen and oxygen atoms in total. The van der Waals surface area contributed by atoms with Gasteiger partial charge in [-0.2, -0.15) is 5.10 Å². The summed E-state index contributed by atoms with van der Waals surface area (Å²) < 4.78 is 5.51. The van der Waals surface area contributed by atoms with E-state index in [1.165, 1.54) is 6.42 Å². The van der Waals surface area contributed by atoms with Gasteiger partial charge in [-0.25, -0.2) is 5.43 Å². The molecule has 1 fully saturated rings. The number of hydrogen-bond donors (Lipinski definition) is 2. The van der Waals surface area contributed by atoms with E-state index in [0.29, 0.717) is 18.8 Å². The normalized spacial score (nSPS) is 14.4. The fraction of sp³-hybridized carbons (Fsp3) is 0.348. The van der Waals surface area contributed by atoms with Crippen molar-refractivity contribution in [3.05, 3.63) is 65.7 Å². The summed E-state index contributed by atoms with van der Waals surface area (Å²) in [5.41, 5.74) is 4.43. The van der Waals surface area contributed by atoms with Gasteiger partial charge in [0.15, 0.2) is 6.61 Å². The third-order valence-electron chi connectivity index (χ3n) is 4.80. The van der Waals surface area contributed by atoms with E-state index in [1.807, 2.05) is 42.5 Å². The number of amides is 2. The molecule has 0 atom stereocenters. The largest absolute Gasteiger partial charge is 0.484 e. The van der Waals surface area contributed by atoms with Crippen LogP contribution in [0.5, 0.6) is 5.75 Å². The molecule has 2 amide bonds. The van der Waals surface area contributed by atoms with E-state index in [1.54, 1.807) is 18.3 Å². The van der Waals surface area contributed by atoms with Gasteiger partial charge in [0.1, 0.15) is 5.75 Å². The number of hydrazone groups is 1. The molecular weight excluding hydrogens is 380 g/mol. The molecule has 1 heterocycles. The van der Waals surface area contributed by atoms with Crippen molar-refractivity contribution in [2.45, 2.75) is 25.8 Å². The lowest BCUT2D eigenvalue weighted by Crippen LogP contribution is -2.38. The van der Waals surface area contributed by atoms with E-state index in [2.05, 4.69) is 20.7 Å². The summed E-state index contributed by atoms with van der Waals surface area (Å²) in [6, 6.07) is 16.9. The third-order valence-corrected chi connectivity index (χ3v) is 4.80. The van der Waals surface area contributed by atoms with E-state index >= 15 is 0 Å². The Bertz CT molecular complexity index is 831. The quantitative estimate of drug-likeness (QED) is 0.493. The molecule has 158 valence electrons. The Morgan fingerprint density at radius 2 is 1.70 bits per heavy atom. The SMILES string of the molecule is O=C(COc1ccc(/C=N\NC(=O)CN2CCCCC2)cc1)NCc1ccccc1. The number of likely N-dealkylation sites (tertiary alicyclic amines) is 1. The van der Waals surface area contributed by atoms with Crippen LogP contribution in [0.4, 0.5) is 0 Å². The lowest BCUT2D eigenvalue weighted by atomic mass is 10.1. The fourth-order valence-electron chi connectivity index (χ4n) is 3.18. The predicted molar refractivity (Wildman–Crippen MR) is 116 cm³/mol. The summed E-state index contributed by atoms with van der Waals surface area (Å²) in [5, 5.41) is 6.83. The predicted octanol–water partition coefficient (Wildman–Crippen LogP) is 2.32. The highest BCUT2D eigenvalue weighted by atomic mass is 16.5. The van der Waals surface area contributed by atoms with Crippen molar-refractivity contribution in [3.8, 4) is 5.75 Å². The summed E-state index contributed by atoms with van der Waals surface area (Å²) >= 11 is 0. The summed E-state index contributed by atoms with van der Waals surface area (Å²) in [6.07, 6.45) is 5.14. The number of hydrogen-bond acceptors (Lipinski definition) is 5.